The molecule has 110 valence electrons. The van der Waals surface area contributed by atoms with Gasteiger partial charge in [0, 0.05) is 18.3 Å². The Morgan fingerprint density at radius 3 is 2.71 bits per heavy atom. The zero-order valence-corrected chi connectivity index (χ0v) is 12.1. The molecule has 0 saturated carbocycles. The lowest BCUT2D eigenvalue weighted by atomic mass is 10.2. The molecule has 1 aromatic carbocycles. The molecular weight excluding hydrogens is 294 g/mol. The second-order valence-corrected chi connectivity index (χ2v) is 4.67. The van der Waals surface area contributed by atoms with Crippen LogP contribution in [0.2, 0.25) is 5.02 Å². The number of carboxylic acid groups (broad SMARTS) is 1. The van der Waals surface area contributed by atoms with Crippen molar-refractivity contribution in [2.75, 3.05) is 13.7 Å². The average Bonchev–Trinajstić information content (AvgIpc) is 2.49. The molecule has 1 heterocycles. The summed E-state index contributed by atoms with van der Waals surface area (Å²) in [5, 5.41) is 9.56. The number of carbonyl (C=O) groups is 1. The van der Waals surface area contributed by atoms with Crippen molar-refractivity contribution in [3.05, 3.63) is 52.8 Å². The minimum Gasteiger partial charge on any atom is -0.493 e. The molecule has 0 unspecified atom stereocenters. The first-order valence-electron chi connectivity index (χ1n) is 6.24. The van der Waals surface area contributed by atoms with Gasteiger partial charge >= 0.3 is 5.97 Å². The first kappa shape index (κ1) is 15.1. The van der Waals surface area contributed by atoms with E-state index in [0.717, 1.165) is 5.69 Å². The number of nitrogens with zero attached hydrogens (tertiary/aromatic N) is 1. The number of hydrogen-bond acceptors (Lipinski definition) is 4. The monoisotopic (exact) mass is 307 g/mol. The maximum atomic E-state index is 11.0. The van der Waals surface area contributed by atoms with E-state index in [4.69, 9.17) is 26.2 Å². The fraction of sp³-hybridized carbons (Fsp3) is 0.200. The number of rotatable bonds is 6. The fourth-order valence-electron chi connectivity index (χ4n) is 1.74. The van der Waals surface area contributed by atoms with Crippen molar-refractivity contribution in [2.45, 2.75) is 6.42 Å². The van der Waals surface area contributed by atoms with Crippen molar-refractivity contribution in [3.8, 4) is 11.5 Å². The summed E-state index contributed by atoms with van der Waals surface area (Å²) in [5.41, 5.74) is 0.989. The van der Waals surface area contributed by atoms with E-state index < -0.39 is 5.97 Å². The molecule has 0 aliphatic heterocycles. The molecular formula is C15H14ClNO4. The second kappa shape index (κ2) is 6.95. The van der Waals surface area contributed by atoms with Gasteiger partial charge < -0.3 is 14.6 Å². The summed E-state index contributed by atoms with van der Waals surface area (Å²) in [4.78, 5) is 15.1. The predicted octanol–water partition coefficient (Wildman–Crippen LogP) is 3.06. The summed E-state index contributed by atoms with van der Waals surface area (Å²) in [6, 6.07) is 8.05. The molecule has 0 amide bonds. The van der Waals surface area contributed by atoms with Crippen LogP contribution < -0.4 is 9.47 Å². The molecule has 5 nitrogen and oxygen atoms in total. The van der Waals surface area contributed by atoms with E-state index in [1.165, 1.54) is 19.2 Å². The molecule has 0 spiro atoms. The Morgan fingerprint density at radius 1 is 1.29 bits per heavy atom. The van der Waals surface area contributed by atoms with Crippen molar-refractivity contribution in [1.29, 1.82) is 0 Å². The smallest absolute Gasteiger partial charge is 0.335 e. The molecule has 2 aromatic rings. The number of ether oxygens (including phenoxy) is 2. The van der Waals surface area contributed by atoms with E-state index >= 15 is 0 Å². The third-order valence-electron chi connectivity index (χ3n) is 2.81. The van der Waals surface area contributed by atoms with Gasteiger partial charge in [0.2, 0.25) is 0 Å². The van der Waals surface area contributed by atoms with Gasteiger partial charge in [-0.1, -0.05) is 11.6 Å². The van der Waals surface area contributed by atoms with Crippen LogP contribution in [0.1, 0.15) is 16.1 Å². The van der Waals surface area contributed by atoms with Crippen LogP contribution in [-0.2, 0) is 6.42 Å². The summed E-state index contributed by atoms with van der Waals surface area (Å²) >= 11 is 5.76. The molecule has 21 heavy (non-hydrogen) atoms. The van der Waals surface area contributed by atoms with Crippen molar-refractivity contribution < 1.29 is 19.4 Å². The van der Waals surface area contributed by atoms with Crippen LogP contribution in [0, 0.1) is 0 Å². The number of halogens is 1. The molecule has 2 rings (SSSR count). The number of aromatic carboxylic acids is 1. The first-order chi connectivity index (χ1) is 10.1. The highest BCUT2D eigenvalue weighted by Gasteiger charge is 2.10. The van der Waals surface area contributed by atoms with E-state index in [2.05, 4.69) is 4.98 Å². The van der Waals surface area contributed by atoms with Gasteiger partial charge in [-0.05, 0) is 30.3 Å². The molecule has 0 radical (unpaired) electrons. The summed E-state index contributed by atoms with van der Waals surface area (Å²) in [5.74, 6) is -0.128. The molecule has 0 fully saturated rings. The number of benzene rings is 1. The third kappa shape index (κ3) is 4.10. The van der Waals surface area contributed by atoms with E-state index in [9.17, 15) is 4.79 Å². The maximum Gasteiger partial charge on any atom is 0.335 e. The standard InChI is InChI=1S/C15H14ClNO4/c1-20-13-5-2-10(15(18)19)8-14(13)21-7-6-12-4-3-11(16)9-17-12/h2-5,8-9H,6-7H2,1H3,(H,18,19). The van der Waals surface area contributed by atoms with Crippen LogP contribution in [-0.4, -0.2) is 29.8 Å². The summed E-state index contributed by atoms with van der Waals surface area (Å²) in [6.45, 7) is 0.355. The predicted molar refractivity (Wildman–Crippen MR) is 78.4 cm³/mol. The third-order valence-corrected chi connectivity index (χ3v) is 3.04. The van der Waals surface area contributed by atoms with Crippen molar-refractivity contribution >= 4 is 17.6 Å². The zero-order valence-electron chi connectivity index (χ0n) is 11.4. The Hall–Kier alpha value is -2.27. The summed E-state index contributed by atoms with van der Waals surface area (Å²) in [7, 11) is 1.50. The Labute approximate surface area is 127 Å². The molecule has 0 bridgehead atoms. The topological polar surface area (TPSA) is 68.7 Å². The second-order valence-electron chi connectivity index (χ2n) is 4.24. The van der Waals surface area contributed by atoms with Gasteiger partial charge in [-0.3, -0.25) is 4.98 Å². The molecule has 1 N–H and O–H groups in total. The fourth-order valence-corrected chi connectivity index (χ4v) is 1.85. The lowest BCUT2D eigenvalue weighted by Gasteiger charge is -2.11. The number of aromatic nitrogens is 1. The molecule has 0 aliphatic carbocycles. The SMILES string of the molecule is COc1ccc(C(=O)O)cc1OCCc1ccc(Cl)cn1. The van der Waals surface area contributed by atoms with Gasteiger partial charge in [-0.25, -0.2) is 4.79 Å². The van der Waals surface area contributed by atoms with E-state index in [-0.39, 0.29) is 5.56 Å². The van der Waals surface area contributed by atoms with Gasteiger partial charge in [0.1, 0.15) is 0 Å². The largest absolute Gasteiger partial charge is 0.493 e. The minimum atomic E-state index is -1.01. The lowest BCUT2D eigenvalue weighted by molar-refractivity contribution is 0.0696. The van der Waals surface area contributed by atoms with E-state index in [0.29, 0.717) is 29.5 Å². The number of hydrogen-bond donors (Lipinski definition) is 1. The Balaban J connectivity index is 2.03. The molecule has 6 heteroatoms. The van der Waals surface area contributed by atoms with Crippen LogP contribution in [0.15, 0.2) is 36.5 Å². The highest BCUT2D eigenvalue weighted by Crippen LogP contribution is 2.28. The van der Waals surface area contributed by atoms with Crippen LogP contribution in [0.4, 0.5) is 0 Å². The molecule has 0 atom stereocenters. The van der Waals surface area contributed by atoms with Crippen molar-refractivity contribution in [1.82, 2.24) is 4.98 Å². The van der Waals surface area contributed by atoms with Crippen LogP contribution >= 0.6 is 11.6 Å². The molecule has 0 aliphatic rings. The van der Waals surface area contributed by atoms with Gasteiger partial charge in [0.25, 0.3) is 0 Å². The van der Waals surface area contributed by atoms with Gasteiger partial charge in [-0.15, -0.1) is 0 Å². The van der Waals surface area contributed by atoms with Crippen molar-refractivity contribution in [3.63, 3.8) is 0 Å². The zero-order chi connectivity index (χ0) is 15.2. The quantitative estimate of drug-likeness (QED) is 0.888. The normalized spacial score (nSPS) is 10.2. The first-order valence-corrected chi connectivity index (χ1v) is 6.62. The van der Waals surface area contributed by atoms with Gasteiger partial charge in [-0.2, -0.15) is 0 Å². The van der Waals surface area contributed by atoms with Crippen molar-refractivity contribution in [2.24, 2.45) is 0 Å². The van der Waals surface area contributed by atoms with Crippen LogP contribution in [0.5, 0.6) is 11.5 Å². The van der Waals surface area contributed by atoms with E-state index in [1.807, 2.05) is 6.07 Å². The number of methoxy groups -OCH3 is 1. The highest BCUT2D eigenvalue weighted by molar-refractivity contribution is 6.30. The van der Waals surface area contributed by atoms with Crippen LogP contribution in [0.25, 0.3) is 0 Å². The average molecular weight is 308 g/mol. The highest BCUT2D eigenvalue weighted by atomic mass is 35.5. The van der Waals surface area contributed by atoms with Gasteiger partial charge in [0.15, 0.2) is 11.5 Å². The number of pyridine rings is 1. The molecule has 0 saturated heterocycles. The molecule has 1 aromatic heterocycles. The lowest BCUT2D eigenvalue weighted by Crippen LogP contribution is -2.05. The van der Waals surface area contributed by atoms with Crippen LogP contribution in [0.3, 0.4) is 0 Å². The summed E-state index contributed by atoms with van der Waals surface area (Å²) < 4.78 is 10.7. The minimum absolute atomic E-state index is 0.149. The Kier molecular flexibility index (Phi) is 5.00. The number of carboxylic acids is 1. The Morgan fingerprint density at radius 2 is 2.10 bits per heavy atom. The van der Waals surface area contributed by atoms with Gasteiger partial charge in [0.05, 0.1) is 24.3 Å². The van der Waals surface area contributed by atoms with E-state index in [1.54, 1.807) is 18.3 Å². The Bertz CT molecular complexity index is 628. The maximum absolute atomic E-state index is 11.0. The summed E-state index contributed by atoms with van der Waals surface area (Å²) in [6.07, 6.45) is 2.15.